The Balaban J connectivity index is 2.27. The van der Waals surface area contributed by atoms with E-state index in [-0.39, 0.29) is 0 Å². The fourth-order valence-corrected chi connectivity index (χ4v) is 1.95. The van der Waals surface area contributed by atoms with E-state index in [0.717, 1.165) is 23.3 Å². The Hall–Kier alpha value is -1.68. The molecular weight excluding hydrogens is 269 g/mol. The van der Waals surface area contributed by atoms with E-state index in [4.69, 9.17) is 12.2 Å². The van der Waals surface area contributed by atoms with Crippen LogP contribution in [0.2, 0.25) is 0 Å². The van der Waals surface area contributed by atoms with Gasteiger partial charge in [0, 0.05) is 0 Å². The van der Waals surface area contributed by atoms with Crippen molar-refractivity contribution in [2.75, 3.05) is 0 Å². The fourth-order valence-electron chi connectivity index (χ4n) is 1.68. The molecule has 0 fully saturated rings. The zero-order valence-corrected chi connectivity index (χ0v) is 11.0. The van der Waals surface area contributed by atoms with Gasteiger partial charge < -0.3 is 0 Å². The van der Waals surface area contributed by atoms with Gasteiger partial charge in [0.15, 0.2) is 0 Å². The summed E-state index contributed by atoms with van der Waals surface area (Å²) in [6, 6.07) is 12.5. The molecule has 0 unspecified atom stereocenters. The second-order valence-electron chi connectivity index (χ2n) is 4.27. The molecular formula is C15H11F3S. The van der Waals surface area contributed by atoms with Gasteiger partial charge in [-0.1, -0.05) is 54.2 Å². The number of thiocarbonyl (C=S) groups is 1. The standard InChI is InChI=1S/C15H11F3S/c1-10-2-4-11(5-3-10)14(19)12-6-8-13(9-7-12)15(16,17)18/h2-9H,1H3. The molecule has 0 heterocycles. The molecule has 98 valence electrons. The molecule has 0 radical (unpaired) electrons. The van der Waals surface area contributed by atoms with E-state index in [1.54, 1.807) is 0 Å². The number of benzene rings is 2. The highest BCUT2D eigenvalue weighted by molar-refractivity contribution is 7.81. The number of hydrogen-bond donors (Lipinski definition) is 0. The number of rotatable bonds is 2. The van der Waals surface area contributed by atoms with Crippen LogP contribution in [0.25, 0.3) is 0 Å². The van der Waals surface area contributed by atoms with Crippen LogP contribution in [0.15, 0.2) is 48.5 Å². The molecule has 2 rings (SSSR count). The molecule has 0 aliphatic rings. The molecule has 19 heavy (non-hydrogen) atoms. The van der Waals surface area contributed by atoms with Crippen molar-refractivity contribution in [3.8, 4) is 0 Å². The lowest BCUT2D eigenvalue weighted by Gasteiger charge is -2.08. The van der Waals surface area contributed by atoms with Crippen LogP contribution < -0.4 is 0 Å². The number of aryl methyl sites for hydroxylation is 1. The Morgan fingerprint density at radius 3 is 1.68 bits per heavy atom. The Morgan fingerprint density at radius 2 is 1.26 bits per heavy atom. The maximum absolute atomic E-state index is 12.5. The van der Waals surface area contributed by atoms with Gasteiger partial charge >= 0.3 is 6.18 Å². The van der Waals surface area contributed by atoms with Crippen molar-refractivity contribution in [3.63, 3.8) is 0 Å². The van der Waals surface area contributed by atoms with Crippen molar-refractivity contribution < 1.29 is 13.2 Å². The molecule has 0 N–H and O–H groups in total. The van der Waals surface area contributed by atoms with Gasteiger partial charge in [0.2, 0.25) is 0 Å². The van der Waals surface area contributed by atoms with E-state index in [1.165, 1.54) is 12.1 Å². The monoisotopic (exact) mass is 280 g/mol. The summed E-state index contributed by atoms with van der Waals surface area (Å²) in [6.07, 6.45) is -4.32. The van der Waals surface area contributed by atoms with Gasteiger partial charge in [-0.25, -0.2) is 0 Å². The van der Waals surface area contributed by atoms with Crippen molar-refractivity contribution >= 4 is 17.1 Å². The average Bonchev–Trinajstić information content (AvgIpc) is 2.38. The van der Waals surface area contributed by atoms with Crippen LogP contribution in [0, 0.1) is 6.92 Å². The fraction of sp³-hybridized carbons (Fsp3) is 0.133. The third kappa shape index (κ3) is 3.20. The van der Waals surface area contributed by atoms with Gasteiger partial charge in [0.25, 0.3) is 0 Å². The summed E-state index contributed by atoms with van der Waals surface area (Å²) in [5, 5.41) is 0. The van der Waals surface area contributed by atoms with Crippen LogP contribution >= 0.6 is 12.2 Å². The predicted octanol–water partition coefficient (Wildman–Crippen LogP) is 4.78. The SMILES string of the molecule is Cc1ccc(C(=S)c2ccc(C(F)(F)F)cc2)cc1. The molecule has 0 aliphatic carbocycles. The lowest BCUT2D eigenvalue weighted by atomic mass is 10.0. The second kappa shape index (κ2) is 5.13. The highest BCUT2D eigenvalue weighted by Crippen LogP contribution is 2.29. The minimum absolute atomic E-state index is 0.550. The molecule has 0 amide bonds. The van der Waals surface area contributed by atoms with Crippen molar-refractivity contribution in [2.24, 2.45) is 0 Å². The van der Waals surface area contributed by atoms with Crippen LogP contribution in [-0.2, 0) is 6.18 Å². The molecule has 0 atom stereocenters. The summed E-state index contributed by atoms with van der Waals surface area (Å²) >= 11 is 5.29. The van der Waals surface area contributed by atoms with Crippen LogP contribution in [0.3, 0.4) is 0 Å². The first-order chi connectivity index (χ1) is 8.88. The molecule has 0 aliphatic heterocycles. The number of alkyl halides is 3. The largest absolute Gasteiger partial charge is 0.416 e. The average molecular weight is 280 g/mol. The summed E-state index contributed by atoms with van der Waals surface area (Å²) < 4.78 is 37.4. The predicted molar refractivity (Wildman–Crippen MR) is 73.4 cm³/mol. The summed E-state index contributed by atoms with van der Waals surface area (Å²) in [5.74, 6) is 0. The van der Waals surface area contributed by atoms with E-state index >= 15 is 0 Å². The smallest absolute Gasteiger partial charge is 0.166 e. The highest BCUT2D eigenvalue weighted by Gasteiger charge is 2.30. The Kier molecular flexibility index (Phi) is 3.71. The maximum atomic E-state index is 12.5. The number of halogens is 3. The van der Waals surface area contributed by atoms with Crippen LogP contribution in [0.5, 0.6) is 0 Å². The molecule has 2 aromatic carbocycles. The van der Waals surface area contributed by atoms with E-state index in [2.05, 4.69) is 0 Å². The van der Waals surface area contributed by atoms with Crippen molar-refractivity contribution in [1.29, 1.82) is 0 Å². The molecule has 0 saturated heterocycles. The molecule has 0 bridgehead atoms. The van der Waals surface area contributed by atoms with E-state index in [0.29, 0.717) is 10.4 Å². The van der Waals surface area contributed by atoms with Gasteiger partial charge in [0.05, 0.1) is 10.4 Å². The first-order valence-electron chi connectivity index (χ1n) is 5.66. The third-order valence-electron chi connectivity index (χ3n) is 2.79. The van der Waals surface area contributed by atoms with Gasteiger partial charge in [-0.2, -0.15) is 13.2 Å². The summed E-state index contributed by atoms with van der Waals surface area (Å²) in [5.41, 5.74) is 1.90. The first kappa shape index (κ1) is 13.7. The summed E-state index contributed by atoms with van der Waals surface area (Å²) in [7, 11) is 0. The minimum atomic E-state index is -4.32. The first-order valence-corrected chi connectivity index (χ1v) is 6.07. The Morgan fingerprint density at radius 1 is 0.842 bits per heavy atom. The Bertz CT molecular complexity index is 580. The van der Waals surface area contributed by atoms with Crippen LogP contribution in [0.1, 0.15) is 22.3 Å². The maximum Gasteiger partial charge on any atom is 0.416 e. The van der Waals surface area contributed by atoms with Crippen molar-refractivity contribution in [2.45, 2.75) is 13.1 Å². The molecule has 2 aromatic rings. The third-order valence-corrected chi connectivity index (χ3v) is 3.26. The van der Waals surface area contributed by atoms with Crippen molar-refractivity contribution in [1.82, 2.24) is 0 Å². The van der Waals surface area contributed by atoms with Crippen LogP contribution in [-0.4, -0.2) is 4.86 Å². The van der Waals surface area contributed by atoms with E-state index in [9.17, 15) is 13.2 Å². The van der Waals surface area contributed by atoms with Crippen LogP contribution in [0.4, 0.5) is 13.2 Å². The molecule has 4 heteroatoms. The lowest BCUT2D eigenvalue weighted by Crippen LogP contribution is -2.06. The molecule has 0 saturated carbocycles. The van der Waals surface area contributed by atoms with Gasteiger partial charge in [-0.15, -0.1) is 0 Å². The second-order valence-corrected chi connectivity index (χ2v) is 4.68. The lowest BCUT2D eigenvalue weighted by molar-refractivity contribution is -0.137. The molecule has 0 spiro atoms. The van der Waals surface area contributed by atoms with E-state index < -0.39 is 11.7 Å². The normalized spacial score (nSPS) is 11.4. The topological polar surface area (TPSA) is 0 Å². The minimum Gasteiger partial charge on any atom is -0.166 e. The Labute approximate surface area is 114 Å². The quantitative estimate of drug-likeness (QED) is 0.563. The van der Waals surface area contributed by atoms with Gasteiger partial charge in [-0.05, 0) is 30.2 Å². The van der Waals surface area contributed by atoms with Gasteiger partial charge in [0.1, 0.15) is 0 Å². The number of hydrogen-bond acceptors (Lipinski definition) is 1. The summed E-state index contributed by atoms with van der Waals surface area (Å²) in [4.78, 5) is 0.550. The van der Waals surface area contributed by atoms with Crippen molar-refractivity contribution in [3.05, 3.63) is 70.8 Å². The van der Waals surface area contributed by atoms with E-state index in [1.807, 2.05) is 31.2 Å². The highest BCUT2D eigenvalue weighted by atomic mass is 32.1. The summed E-state index contributed by atoms with van der Waals surface area (Å²) in [6.45, 7) is 1.96. The van der Waals surface area contributed by atoms with Gasteiger partial charge in [-0.3, -0.25) is 0 Å². The molecule has 0 aromatic heterocycles. The molecule has 0 nitrogen and oxygen atoms in total. The zero-order chi connectivity index (χ0) is 14.0. The zero-order valence-electron chi connectivity index (χ0n) is 10.2.